The highest BCUT2D eigenvalue weighted by molar-refractivity contribution is 5.30. The second-order valence-electron chi connectivity index (χ2n) is 6.21. The summed E-state index contributed by atoms with van der Waals surface area (Å²) in [7, 11) is 0. The third-order valence-electron chi connectivity index (χ3n) is 4.81. The first-order valence-electron chi connectivity index (χ1n) is 8.09. The first kappa shape index (κ1) is 14.3. The summed E-state index contributed by atoms with van der Waals surface area (Å²) in [5, 5.41) is 10.6. The molecule has 1 nitrogen and oxygen atoms in total. The Hall–Kier alpha value is -1.60. The van der Waals surface area contributed by atoms with E-state index < -0.39 is 0 Å². The summed E-state index contributed by atoms with van der Waals surface area (Å²) >= 11 is 0. The molecule has 1 N–H and O–H groups in total. The average molecular weight is 280 g/mol. The van der Waals surface area contributed by atoms with Crippen molar-refractivity contribution in [3.63, 3.8) is 0 Å². The van der Waals surface area contributed by atoms with Gasteiger partial charge in [-0.05, 0) is 60.3 Å². The zero-order chi connectivity index (χ0) is 14.7. The Morgan fingerprint density at radius 1 is 1.00 bits per heavy atom. The minimum Gasteiger partial charge on any atom is -0.392 e. The van der Waals surface area contributed by atoms with E-state index in [0.29, 0.717) is 5.92 Å². The van der Waals surface area contributed by atoms with Gasteiger partial charge in [-0.25, -0.2) is 0 Å². The summed E-state index contributed by atoms with van der Waals surface area (Å²) in [6.45, 7) is 2.17. The molecule has 0 fully saturated rings. The van der Waals surface area contributed by atoms with E-state index in [-0.39, 0.29) is 6.10 Å². The van der Waals surface area contributed by atoms with Crippen LogP contribution in [0.25, 0.3) is 0 Å². The number of hydrogen-bond donors (Lipinski definition) is 1. The molecule has 0 bridgehead atoms. The Kier molecular flexibility index (Phi) is 4.40. The van der Waals surface area contributed by atoms with Crippen LogP contribution in [0, 0.1) is 5.92 Å². The number of aliphatic hydroxyl groups is 1. The van der Waals surface area contributed by atoms with Gasteiger partial charge in [0.15, 0.2) is 0 Å². The van der Waals surface area contributed by atoms with Gasteiger partial charge in [0.2, 0.25) is 0 Å². The maximum atomic E-state index is 10.6. The Labute approximate surface area is 127 Å². The van der Waals surface area contributed by atoms with Crippen LogP contribution in [0.1, 0.15) is 35.6 Å². The monoisotopic (exact) mass is 280 g/mol. The molecule has 0 aromatic heterocycles. The highest BCUT2D eigenvalue weighted by Crippen LogP contribution is 2.28. The molecular formula is C20H24O. The maximum absolute atomic E-state index is 10.6. The minimum atomic E-state index is -0.231. The van der Waals surface area contributed by atoms with Crippen LogP contribution in [0.3, 0.4) is 0 Å². The fourth-order valence-electron chi connectivity index (χ4n) is 3.37. The van der Waals surface area contributed by atoms with Crippen LogP contribution in [0.15, 0.2) is 48.5 Å². The largest absolute Gasteiger partial charge is 0.392 e. The summed E-state index contributed by atoms with van der Waals surface area (Å²) in [5.41, 5.74) is 5.50. The highest BCUT2D eigenvalue weighted by atomic mass is 16.3. The molecule has 3 rings (SSSR count). The molecule has 1 heteroatoms. The molecule has 0 saturated heterocycles. The lowest BCUT2D eigenvalue weighted by Crippen LogP contribution is -2.28. The van der Waals surface area contributed by atoms with Gasteiger partial charge < -0.3 is 5.11 Å². The van der Waals surface area contributed by atoms with Crippen molar-refractivity contribution in [2.75, 3.05) is 0 Å². The Morgan fingerprint density at radius 3 is 2.38 bits per heavy atom. The molecule has 0 spiro atoms. The SMILES string of the molecule is CCc1ccc(CC(O)C2CCc3ccccc3C2)cc1. The zero-order valence-corrected chi connectivity index (χ0v) is 12.8. The molecule has 21 heavy (non-hydrogen) atoms. The van der Waals surface area contributed by atoms with Crippen LogP contribution < -0.4 is 0 Å². The van der Waals surface area contributed by atoms with E-state index in [1.807, 2.05) is 0 Å². The molecule has 1 aliphatic rings. The summed E-state index contributed by atoms with van der Waals surface area (Å²) in [6.07, 6.45) is 4.84. The van der Waals surface area contributed by atoms with E-state index in [4.69, 9.17) is 0 Å². The van der Waals surface area contributed by atoms with Gasteiger partial charge in [0, 0.05) is 0 Å². The van der Waals surface area contributed by atoms with Crippen LogP contribution in [0.4, 0.5) is 0 Å². The highest BCUT2D eigenvalue weighted by Gasteiger charge is 2.24. The van der Waals surface area contributed by atoms with Gasteiger partial charge in [0.1, 0.15) is 0 Å². The van der Waals surface area contributed by atoms with Crippen molar-refractivity contribution in [1.29, 1.82) is 0 Å². The molecule has 0 amide bonds. The van der Waals surface area contributed by atoms with Gasteiger partial charge >= 0.3 is 0 Å². The van der Waals surface area contributed by atoms with E-state index in [0.717, 1.165) is 32.1 Å². The van der Waals surface area contributed by atoms with Crippen molar-refractivity contribution >= 4 is 0 Å². The van der Waals surface area contributed by atoms with Crippen LogP contribution in [0.5, 0.6) is 0 Å². The van der Waals surface area contributed by atoms with Crippen LogP contribution in [0.2, 0.25) is 0 Å². The molecule has 1 aliphatic carbocycles. The number of benzene rings is 2. The van der Waals surface area contributed by atoms with Crippen LogP contribution in [-0.2, 0) is 25.7 Å². The predicted octanol–water partition coefficient (Wildman–Crippen LogP) is 3.96. The number of fused-ring (bicyclic) bond motifs is 1. The second-order valence-corrected chi connectivity index (χ2v) is 6.21. The zero-order valence-electron chi connectivity index (χ0n) is 12.8. The quantitative estimate of drug-likeness (QED) is 0.899. The molecular weight excluding hydrogens is 256 g/mol. The molecule has 2 aromatic carbocycles. The molecule has 0 saturated carbocycles. The number of hydrogen-bond acceptors (Lipinski definition) is 1. The smallest absolute Gasteiger partial charge is 0.0611 e. The van der Waals surface area contributed by atoms with Gasteiger partial charge in [0.25, 0.3) is 0 Å². The summed E-state index contributed by atoms with van der Waals surface area (Å²) in [6, 6.07) is 17.3. The van der Waals surface area contributed by atoms with Gasteiger partial charge in [-0.2, -0.15) is 0 Å². The molecule has 2 unspecified atom stereocenters. The topological polar surface area (TPSA) is 20.2 Å². The van der Waals surface area contributed by atoms with Gasteiger partial charge in [-0.15, -0.1) is 0 Å². The molecule has 110 valence electrons. The molecule has 2 atom stereocenters. The van der Waals surface area contributed by atoms with Gasteiger partial charge in [0.05, 0.1) is 6.10 Å². The second kappa shape index (κ2) is 6.44. The lowest BCUT2D eigenvalue weighted by molar-refractivity contribution is 0.0993. The van der Waals surface area contributed by atoms with Crippen molar-refractivity contribution in [2.45, 2.75) is 45.1 Å². The third-order valence-corrected chi connectivity index (χ3v) is 4.81. The van der Waals surface area contributed by atoms with E-state index in [9.17, 15) is 5.11 Å². The Balaban J connectivity index is 1.64. The van der Waals surface area contributed by atoms with E-state index in [2.05, 4.69) is 55.5 Å². The van der Waals surface area contributed by atoms with Crippen LogP contribution in [-0.4, -0.2) is 11.2 Å². The standard InChI is InChI=1S/C20H24O/c1-2-15-7-9-16(10-8-15)13-20(21)19-12-11-17-5-3-4-6-18(17)14-19/h3-10,19-21H,2,11-14H2,1H3. The molecule has 0 radical (unpaired) electrons. The van der Waals surface area contributed by atoms with Crippen LogP contribution >= 0.6 is 0 Å². The van der Waals surface area contributed by atoms with Crippen molar-refractivity contribution < 1.29 is 5.11 Å². The van der Waals surface area contributed by atoms with Gasteiger partial charge in [-0.1, -0.05) is 55.5 Å². The first-order chi connectivity index (χ1) is 10.3. The van der Waals surface area contributed by atoms with Gasteiger partial charge in [-0.3, -0.25) is 0 Å². The summed E-state index contributed by atoms with van der Waals surface area (Å²) < 4.78 is 0. The predicted molar refractivity (Wildman–Crippen MR) is 87.5 cm³/mol. The molecule has 0 heterocycles. The van der Waals surface area contributed by atoms with Crippen molar-refractivity contribution in [1.82, 2.24) is 0 Å². The summed E-state index contributed by atoms with van der Waals surface area (Å²) in [5.74, 6) is 0.394. The maximum Gasteiger partial charge on any atom is 0.0611 e. The number of aryl methyl sites for hydroxylation is 2. The van der Waals surface area contributed by atoms with Crippen molar-refractivity contribution in [3.05, 3.63) is 70.8 Å². The number of rotatable bonds is 4. The molecule has 2 aromatic rings. The Morgan fingerprint density at radius 2 is 1.67 bits per heavy atom. The van der Waals surface area contributed by atoms with Crippen molar-refractivity contribution in [2.24, 2.45) is 5.92 Å². The average Bonchev–Trinajstić information content (AvgIpc) is 2.55. The Bertz CT molecular complexity index is 585. The molecule has 0 aliphatic heterocycles. The fraction of sp³-hybridized carbons (Fsp3) is 0.400. The lowest BCUT2D eigenvalue weighted by Gasteiger charge is -2.28. The van der Waals surface area contributed by atoms with E-state index >= 15 is 0 Å². The fourth-order valence-corrected chi connectivity index (χ4v) is 3.37. The lowest BCUT2D eigenvalue weighted by atomic mass is 9.79. The van der Waals surface area contributed by atoms with E-state index in [1.165, 1.54) is 22.3 Å². The van der Waals surface area contributed by atoms with Crippen molar-refractivity contribution in [3.8, 4) is 0 Å². The van der Waals surface area contributed by atoms with E-state index in [1.54, 1.807) is 0 Å². The first-order valence-corrected chi connectivity index (χ1v) is 8.09. The number of aliphatic hydroxyl groups excluding tert-OH is 1. The normalized spacial score (nSPS) is 19.0. The summed E-state index contributed by atoms with van der Waals surface area (Å²) in [4.78, 5) is 0. The third kappa shape index (κ3) is 3.36. The minimum absolute atomic E-state index is 0.231.